The summed E-state index contributed by atoms with van der Waals surface area (Å²) in [5, 5.41) is 10.7. The number of thioether (sulfide) groups is 1. The van der Waals surface area contributed by atoms with Crippen molar-refractivity contribution in [3.8, 4) is 0 Å². The third-order valence-corrected chi connectivity index (χ3v) is 5.17. The Kier molecular flexibility index (Phi) is 4.10. The molecule has 1 aliphatic carbocycles. The van der Waals surface area contributed by atoms with Crippen LogP contribution in [0.1, 0.15) is 36.0 Å². The van der Waals surface area contributed by atoms with E-state index in [0.29, 0.717) is 44.5 Å². The third-order valence-electron chi connectivity index (χ3n) is 4.43. The van der Waals surface area contributed by atoms with Gasteiger partial charge in [0.1, 0.15) is 5.60 Å². The van der Waals surface area contributed by atoms with Crippen molar-refractivity contribution in [2.75, 3.05) is 19.5 Å². The van der Waals surface area contributed by atoms with Crippen molar-refractivity contribution in [2.24, 2.45) is 0 Å². The molecule has 114 valence electrons. The lowest BCUT2D eigenvalue weighted by molar-refractivity contribution is -0.195. The van der Waals surface area contributed by atoms with Crippen molar-refractivity contribution in [1.29, 1.82) is 0 Å². The van der Waals surface area contributed by atoms with Gasteiger partial charge < -0.3 is 14.6 Å². The highest BCUT2D eigenvalue weighted by atomic mass is 32.2. The first-order valence-electron chi connectivity index (χ1n) is 7.26. The van der Waals surface area contributed by atoms with Gasteiger partial charge in [-0.2, -0.15) is 0 Å². The number of hydrogen-bond acceptors (Lipinski definition) is 5. The van der Waals surface area contributed by atoms with E-state index in [2.05, 4.69) is 0 Å². The standard InChI is InChI=1S/C16H20O4S/c1-21-13-4-2-12(3-5-13)14(17)15(18)6-8-16(9-7-15)19-10-11-20-16/h2-5,18H,6-11H2,1H3. The molecule has 1 aliphatic heterocycles. The molecule has 0 radical (unpaired) electrons. The van der Waals surface area contributed by atoms with Crippen LogP contribution in [0.4, 0.5) is 0 Å². The van der Waals surface area contributed by atoms with Crippen LogP contribution >= 0.6 is 11.8 Å². The number of hydrogen-bond donors (Lipinski definition) is 1. The predicted molar refractivity (Wildman–Crippen MR) is 80.6 cm³/mol. The fourth-order valence-electron chi connectivity index (χ4n) is 3.07. The quantitative estimate of drug-likeness (QED) is 0.687. The van der Waals surface area contributed by atoms with Gasteiger partial charge in [0.25, 0.3) is 0 Å². The molecular formula is C16H20O4S. The fraction of sp³-hybridized carbons (Fsp3) is 0.562. The van der Waals surface area contributed by atoms with Gasteiger partial charge in [-0.15, -0.1) is 11.8 Å². The maximum atomic E-state index is 12.6. The summed E-state index contributed by atoms with van der Waals surface area (Å²) in [7, 11) is 0. The van der Waals surface area contributed by atoms with E-state index in [1.165, 1.54) is 0 Å². The Hall–Kier alpha value is -0.880. The molecule has 0 unspecified atom stereocenters. The normalized spacial score (nSPS) is 23.3. The summed E-state index contributed by atoms with van der Waals surface area (Å²) in [6.45, 7) is 1.20. The first-order valence-corrected chi connectivity index (χ1v) is 8.49. The molecule has 1 spiro atoms. The monoisotopic (exact) mass is 308 g/mol. The molecule has 0 aromatic heterocycles. The number of Topliss-reactive ketones (excluding diaryl/α,β-unsaturated/α-hetero) is 1. The van der Waals surface area contributed by atoms with E-state index < -0.39 is 11.4 Å². The molecule has 1 saturated heterocycles. The second-order valence-corrected chi connectivity index (χ2v) is 6.58. The molecule has 5 heteroatoms. The molecule has 1 aromatic rings. The highest BCUT2D eigenvalue weighted by molar-refractivity contribution is 7.98. The third kappa shape index (κ3) is 2.88. The van der Waals surface area contributed by atoms with E-state index in [4.69, 9.17) is 9.47 Å². The molecule has 2 aliphatic rings. The van der Waals surface area contributed by atoms with Gasteiger partial charge >= 0.3 is 0 Å². The zero-order chi connectivity index (χ0) is 14.9. The van der Waals surface area contributed by atoms with E-state index in [-0.39, 0.29) is 5.78 Å². The van der Waals surface area contributed by atoms with E-state index in [0.717, 1.165) is 4.90 Å². The lowest BCUT2D eigenvalue weighted by Crippen LogP contribution is -2.48. The zero-order valence-electron chi connectivity index (χ0n) is 12.1. The lowest BCUT2D eigenvalue weighted by Gasteiger charge is -2.39. The number of aliphatic hydroxyl groups is 1. The van der Waals surface area contributed by atoms with Crippen LogP contribution in [0.5, 0.6) is 0 Å². The van der Waals surface area contributed by atoms with E-state index >= 15 is 0 Å². The minimum Gasteiger partial charge on any atom is -0.382 e. The van der Waals surface area contributed by atoms with Gasteiger partial charge in [-0.3, -0.25) is 4.79 Å². The molecule has 0 atom stereocenters. The largest absolute Gasteiger partial charge is 0.382 e. The van der Waals surface area contributed by atoms with Gasteiger partial charge in [-0.1, -0.05) is 12.1 Å². The van der Waals surface area contributed by atoms with Gasteiger partial charge in [0.05, 0.1) is 13.2 Å². The Morgan fingerprint density at radius 2 is 1.67 bits per heavy atom. The molecule has 0 amide bonds. The van der Waals surface area contributed by atoms with Gasteiger partial charge in [-0.05, 0) is 31.2 Å². The Balaban J connectivity index is 1.71. The number of ether oxygens (including phenoxy) is 2. The van der Waals surface area contributed by atoms with Crippen LogP contribution in [0.2, 0.25) is 0 Å². The van der Waals surface area contributed by atoms with E-state index in [1.807, 2.05) is 18.4 Å². The number of ketones is 1. The molecule has 0 bridgehead atoms. The van der Waals surface area contributed by atoms with Crippen molar-refractivity contribution >= 4 is 17.5 Å². The summed E-state index contributed by atoms with van der Waals surface area (Å²) >= 11 is 1.63. The summed E-state index contributed by atoms with van der Waals surface area (Å²) in [5.41, 5.74) is -0.721. The van der Waals surface area contributed by atoms with Crippen LogP contribution in [0.25, 0.3) is 0 Å². The molecule has 21 heavy (non-hydrogen) atoms. The molecular weight excluding hydrogens is 288 g/mol. The number of rotatable bonds is 3. The summed E-state index contributed by atoms with van der Waals surface area (Å²) in [6.07, 6.45) is 3.90. The summed E-state index contributed by atoms with van der Waals surface area (Å²) in [5.74, 6) is -0.752. The average molecular weight is 308 g/mol. The minimum atomic E-state index is -1.29. The molecule has 4 nitrogen and oxygen atoms in total. The van der Waals surface area contributed by atoms with E-state index in [1.54, 1.807) is 23.9 Å². The molecule has 1 aromatic carbocycles. The molecule has 1 N–H and O–H groups in total. The summed E-state index contributed by atoms with van der Waals surface area (Å²) in [4.78, 5) is 13.7. The minimum absolute atomic E-state index is 0.192. The van der Waals surface area contributed by atoms with Crippen LogP contribution in [0.15, 0.2) is 29.2 Å². The molecule has 1 heterocycles. The average Bonchev–Trinajstić information content (AvgIpc) is 2.99. The first kappa shape index (κ1) is 15.0. The van der Waals surface area contributed by atoms with Crippen molar-refractivity contribution in [1.82, 2.24) is 0 Å². The lowest BCUT2D eigenvalue weighted by atomic mass is 9.77. The number of benzene rings is 1. The predicted octanol–water partition coefficient (Wildman–Crippen LogP) is 2.64. The van der Waals surface area contributed by atoms with Gasteiger partial charge in [0.2, 0.25) is 0 Å². The van der Waals surface area contributed by atoms with Crippen molar-refractivity contribution in [3.63, 3.8) is 0 Å². The fourth-order valence-corrected chi connectivity index (χ4v) is 3.48. The molecule has 2 fully saturated rings. The number of carbonyl (C=O) groups excluding carboxylic acids is 1. The highest BCUT2D eigenvalue weighted by Crippen LogP contribution is 2.41. The number of carbonyl (C=O) groups is 1. The van der Waals surface area contributed by atoms with Crippen molar-refractivity contribution in [2.45, 2.75) is 42.0 Å². The SMILES string of the molecule is CSc1ccc(C(=O)C2(O)CCC3(CC2)OCCO3)cc1. The maximum absolute atomic E-state index is 12.6. The Labute approximate surface area is 128 Å². The molecule has 3 rings (SSSR count). The van der Waals surface area contributed by atoms with Gasteiger partial charge in [0.15, 0.2) is 11.6 Å². The Morgan fingerprint density at radius 1 is 1.10 bits per heavy atom. The topological polar surface area (TPSA) is 55.8 Å². The van der Waals surface area contributed by atoms with E-state index in [9.17, 15) is 9.90 Å². The van der Waals surface area contributed by atoms with Crippen molar-refractivity contribution < 1.29 is 19.4 Å². The smallest absolute Gasteiger partial charge is 0.194 e. The summed E-state index contributed by atoms with van der Waals surface area (Å²) < 4.78 is 11.3. The van der Waals surface area contributed by atoms with Gasteiger partial charge in [0, 0.05) is 23.3 Å². The zero-order valence-corrected chi connectivity index (χ0v) is 12.9. The maximum Gasteiger partial charge on any atom is 0.194 e. The second kappa shape index (κ2) is 5.72. The van der Waals surface area contributed by atoms with Crippen LogP contribution in [-0.2, 0) is 9.47 Å². The van der Waals surface area contributed by atoms with Crippen LogP contribution in [-0.4, -0.2) is 41.7 Å². The van der Waals surface area contributed by atoms with Gasteiger partial charge in [-0.25, -0.2) is 0 Å². The molecule has 1 saturated carbocycles. The first-order chi connectivity index (χ1) is 10.1. The summed E-state index contributed by atoms with van der Waals surface area (Å²) in [6, 6.07) is 7.40. The van der Waals surface area contributed by atoms with Crippen LogP contribution < -0.4 is 0 Å². The highest BCUT2D eigenvalue weighted by Gasteiger charge is 2.48. The van der Waals surface area contributed by atoms with Crippen LogP contribution in [0.3, 0.4) is 0 Å². The Morgan fingerprint density at radius 3 is 2.19 bits per heavy atom. The Bertz CT molecular complexity index is 510. The second-order valence-electron chi connectivity index (χ2n) is 5.70. The van der Waals surface area contributed by atoms with Crippen molar-refractivity contribution in [3.05, 3.63) is 29.8 Å². The van der Waals surface area contributed by atoms with Crippen LogP contribution in [0, 0.1) is 0 Å².